The molecule has 2 aliphatic heterocycles. The third-order valence-electron chi connectivity index (χ3n) is 8.72. The third kappa shape index (κ3) is 6.61. The second-order valence-electron chi connectivity index (χ2n) is 13.0. The number of fused-ring (bicyclic) bond motifs is 2. The van der Waals surface area contributed by atoms with Gasteiger partial charge in [-0.05, 0) is 96.8 Å². The molecule has 3 aromatic rings. The molecule has 3 aliphatic rings. The summed E-state index contributed by atoms with van der Waals surface area (Å²) in [6, 6.07) is 7.31. The maximum absolute atomic E-state index is 14.3. The van der Waals surface area contributed by atoms with Crippen LogP contribution in [0.25, 0.3) is 0 Å². The zero-order valence-electron chi connectivity index (χ0n) is 25.0. The normalized spacial score (nSPS) is 22.6. The van der Waals surface area contributed by atoms with Crippen molar-refractivity contribution in [3.05, 3.63) is 81.1 Å². The van der Waals surface area contributed by atoms with Crippen LogP contribution in [0.3, 0.4) is 0 Å². The predicted octanol–water partition coefficient (Wildman–Crippen LogP) is 4.93. The van der Waals surface area contributed by atoms with Gasteiger partial charge < -0.3 is 19.7 Å². The van der Waals surface area contributed by atoms with Gasteiger partial charge in [-0.3, -0.25) is 14.7 Å². The van der Waals surface area contributed by atoms with Gasteiger partial charge in [0.2, 0.25) is 5.91 Å². The van der Waals surface area contributed by atoms with Crippen molar-refractivity contribution in [1.82, 2.24) is 34.6 Å². The van der Waals surface area contributed by atoms with Crippen molar-refractivity contribution in [3.8, 4) is 0 Å². The molecule has 43 heavy (non-hydrogen) atoms. The summed E-state index contributed by atoms with van der Waals surface area (Å²) in [5.74, 6) is 0.360. The number of carbonyl (C=O) groups excluding carboxylic acids is 2. The van der Waals surface area contributed by atoms with E-state index in [1.165, 1.54) is 16.7 Å². The molecule has 3 atom stereocenters. The van der Waals surface area contributed by atoms with Crippen molar-refractivity contribution in [1.29, 1.82) is 0 Å². The van der Waals surface area contributed by atoms with Crippen LogP contribution in [0.15, 0.2) is 53.7 Å². The molecule has 228 valence electrons. The molecule has 1 N–H and O–H groups in total. The molecule has 9 nitrogen and oxygen atoms in total. The Morgan fingerprint density at radius 1 is 1.09 bits per heavy atom. The summed E-state index contributed by atoms with van der Waals surface area (Å²) < 4.78 is 3.02. The Balaban J connectivity index is 1.31. The average Bonchev–Trinajstić information content (AvgIpc) is 3.62. The molecule has 2 saturated heterocycles. The molecule has 6 rings (SSSR count). The van der Waals surface area contributed by atoms with Crippen LogP contribution in [-0.2, 0) is 24.2 Å². The van der Waals surface area contributed by atoms with Gasteiger partial charge in [-0.25, -0.2) is 9.78 Å². The molecule has 0 spiro atoms. The lowest BCUT2D eigenvalue weighted by Gasteiger charge is -2.45. The second-order valence-corrected chi connectivity index (χ2v) is 14.4. The van der Waals surface area contributed by atoms with E-state index in [-0.39, 0.29) is 18.0 Å². The van der Waals surface area contributed by atoms with Crippen LogP contribution in [0.2, 0.25) is 5.02 Å². The Kier molecular flexibility index (Phi) is 8.54. The van der Waals surface area contributed by atoms with Gasteiger partial charge >= 0.3 is 6.03 Å². The highest BCUT2D eigenvalue weighted by molar-refractivity contribution is 9.10. The summed E-state index contributed by atoms with van der Waals surface area (Å²) in [4.78, 5) is 43.1. The summed E-state index contributed by atoms with van der Waals surface area (Å²) in [6.45, 7) is 9.56. The highest BCUT2D eigenvalue weighted by Gasteiger charge is 2.43. The fourth-order valence-corrected chi connectivity index (χ4v) is 7.33. The molecule has 2 aromatic heterocycles. The molecule has 1 aliphatic carbocycles. The molecule has 4 heterocycles. The van der Waals surface area contributed by atoms with Crippen molar-refractivity contribution in [2.75, 3.05) is 32.7 Å². The first kappa shape index (κ1) is 30.1. The van der Waals surface area contributed by atoms with Crippen molar-refractivity contribution in [2.24, 2.45) is 5.92 Å². The maximum atomic E-state index is 14.3. The van der Waals surface area contributed by atoms with Crippen LogP contribution in [0.5, 0.6) is 0 Å². The first-order chi connectivity index (χ1) is 20.6. The van der Waals surface area contributed by atoms with Crippen LogP contribution >= 0.6 is 27.5 Å². The monoisotopic (exact) mass is 667 g/mol. The minimum atomic E-state index is -0.610. The maximum Gasteiger partial charge on any atom is 0.318 e. The smallest absolute Gasteiger partial charge is 0.318 e. The number of hydrogen-bond acceptors (Lipinski definition) is 5. The van der Waals surface area contributed by atoms with E-state index in [1.807, 2.05) is 50.5 Å². The fourth-order valence-electron chi connectivity index (χ4n) is 6.75. The molecule has 3 amide bonds. The van der Waals surface area contributed by atoms with Crippen LogP contribution in [-0.4, -0.2) is 85.5 Å². The first-order valence-corrected chi connectivity index (χ1v) is 16.2. The van der Waals surface area contributed by atoms with E-state index in [0.29, 0.717) is 43.7 Å². The van der Waals surface area contributed by atoms with Gasteiger partial charge in [0.15, 0.2) is 0 Å². The van der Waals surface area contributed by atoms with E-state index < -0.39 is 11.6 Å². The molecule has 0 saturated carbocycles. The van der Waals surface area contributed by atoms with E-state index in [1.54, 1.807) is 11.1 Å². The number of amides is 3. The molecule has 2 fully saturated rings. The molecule has 0 radical (unpaired) electrons. The van der Waals surface area contributed by atoms with Gasteiger partial charge in [0.1, 0.15) is 6.04 Å². The number of likely N-dealkylation sites (tertiary alicyclic amines) is 1. The second kappa shape index (κ2) is 12.2. The van der Waals surface area contributed by atoms with Crippen LogP contribution < -0.4 is 5.32 Å². The highest BCUT2D eigenvalue weighted by Crippen LogP contribution is 2.39. The van der Waals surface area contributed by atoms with Crippen molar-refractivity contribution < 1.29 is 9.59 Å². The first-order valence-electron chi connectivity index (χ1n) is 15.1. The number of urea groups is 1. The van der Waals surface area contributed by atoms with Crippen molar-refractivity contribution in [3.63, 3.8) is 0 Å². The SMILES string of the molecule is CC(C)(C)NC(=O)N1CCN(C2c3ccc(Cl)cc3CCc3cc(Br)cnc32)C[C@@H]1C(=O)N1CC[C@@H](Cn2ccnc2)C1. The van der Waals surface area contributed by atoms with Gasteiger partial charge in [0.25, 0.3) is 0 Å². The molecule has 0 bridgehead atoms. The predicted molar refractivity (Wildman–Crippen MR) is 170 cm³/mol. The van der Waals surface area contributed by atoms with Crippen LogP contribution in [0.1, 0.15) is 55.6 Å². The van der Waals surface area contributed by atoms with Gasteiger partial charge in [0, 0.05) is 72.9 Å². The van der Waals surface area contributed by atoms with E-state index in [9.17, 15) is 9.59 Å². The summed E-state index contributed by atoms with van der Waals surface area (Å²) in [5, 5.41) is 3.82. The number of pyridine rings is 1. The number of rotatable bonds is 4. The number of aromatic nitrogens is 3. The Labute approximate surface area is 266 Å². The van der Waals surface area contributed by atoms with Gasteiger partial charge in [-0.1, -0.05) is 17.7 Å². The quantitative estimate of drug-likeness (QED) is 0.427. The lowest BCUT2D eigenvalue weighted by molar-refractivity contribution is -0.137. The zero-order chi connectivity index (χ0) is 30.3. The molecule has 1 unspecified atom stereocenters. The summed E-state index contributed by atoms with van der Waals surface area (Å²) in [7, 11) is 0. The van der Waals surface area contributed by atoms with Crippen LogP contribution in [0.4, 0.5) is 4.79 Å². The number of piperazine rings is 1. The van der Waals surface area contributed by atoms with Gasteiger partial charge in [0.05, 0.1) is 18.1 Å². The lowest BCUT2D eigenvalue weighted by Crippen LogP contribution is -2.64. The standard InChI is InChI=1S/C32H39BrClN7O2/c1-32(2,3)37-31(43)41-13-12-39(19-27(41)30(42)40-10-8-21(18-40)17-38-11-9-35-20-38)29-26-7-6-25(34)15-22(26)4-5-23-14-24(33)16-36-28(23)29/h6-7,9,11,14-16,20-21,27,29H,4-5,8,10,12-13,17-19H2,1-3H3,(H,37,43)/t21-,27+,29?/m0/s1. The van der Waals surface area contributed by atoms with Gasteiger partial charge in [-0.15, -0.1) is 0 Å². The molecular formula is C32H39BrClN7O2. The van der Waals surface area contributed by atoms with Gasteiger partial charge in [-0.2, -0.15) is 0 Å². The summed E-state index contributed by atoms with van der Waals surface area (Å²) >= 11 is 10.1. The molecular weight excluding hydrogens is 630 g/mol. The number of nitrogens with one attached hydrogen (secondary N) is 1. The van der Waals surface area contributed by atoms with Crippen molar-refractivity contribution in [2.45, 2.75) is 64.2 Å². The number of hydrogen-bond donors (Lipinski definition) is 1. The van der Waals surface area contributed by atoms with E-state index >= 15 is 0 Å². The minimum Gasteiger partial charge on any atom is -0.341 e. The largest absolute Gasteiger partial charge is 0.341 e. The molecule has 1 aromatic carbocycles. The van der Waals surface area contributed by atoms with E-state index in [4.69, 9.17) is 16.6 Å². The molecule has 11 heteroatoms. The summed E-state index contributed by atoms with van der Waals surface area (Å²) in [6.07, 6.45) is 10.1. The van der Waals surface area contributed by atoms with E-state index in [2.05, 4.69) is 53.9 Å². The van der Waals surface area contributed by atoms with E-state index in [0.717, 1.165) is 36.0 Å². The van der Waals surface area contributed by atoms with Crippen LogP contribution in [0, 0.1) is 5.92 Å². The zero-order valence-corrected chi connectivity index (χ0v) is 27.3. The lowest BCUT2D eigenvalue weighted by atomic mass is 9.95. The minimum absolute atomic E-state index is 0.0100. The number of aryl methyl sites for hydroxylation is 2. The topological polar surface area (TPSA) is 86.6 Å². The Hall–Kier alpha value is -2.95. The highest BCUT2D eigenvalue weighted by atomic mass is 79.9. The Bertz CT molecular complexity index is 1440. The number of nitrogens with zero attached hydrogens (tertiary/aromatic N) is 6. The number of imidazole rings is 1. The number of carbonyl (C=O) groups is 2. The number of benzene rings is 1. The number of halogens is 2. The summed E-state index contributed by atoms with van der Waals surface area (Å²) in [5.41, 5.74) is 4.14. The Morgan fingerprint density at radius 3 is 2.67 bits per heavy atom. The Morgan fingerprint density at radius 2 is 1.91 bits per heavy atom. The average molecular weight is 669 g/mol. The third-order valence-corrected chi connectivity index (χ3v) is 9.39. The van der Waals surface area contributed by atoms with Crippen molar-refractivity contribution >= 4 is 39.5 Å². The fraction of sp³-hybridized carbons (Fsp3) is 0.500.